The van der Waals surface area contributed by atoms with Crippen LogP contribution in [0.4, 0.5) is 0 Å². The van der Waals surface area contributed by atoms with Gasteiger partial charge in [-0.2, -0.15) is 0 Å². The molecule has 0 aliphatic carbocycles. The number of amides is 2. The Morgan fingerprint density at radius 1 is 1.04 bits per heavy atom. The molecule has 5 nitrogen and oxygen atoms in total. The van der Waals surface area contributed by atoms with Crippen molar-refractivity contribution in [2.75, 3.05) is 13.7 Å². The molecule has 0 radical (unpaired) electrons. The molecule has 0 aliphatic rings. The van der Waals surface area contributed by atoms with E-state index in [0.29, 0.717) is 18.8 Å². The second-order valence-corrected chi connectivity index (χ2v) is 5.89. The number of nitrogens with one attached hydrogen (secondary N) is 1. The third-order valence-corrected chi connectivity index (χ3v) is 4.07. The number of aryl methyl sites for hydroxylation is 1. The lowest BCUT2D eigenvalue weighted by molar-refractivity contribution is -0.135. The van der Waals surface area contributed by atoms with Gasteiger partial charge in [0.05, 0.1) is 13.7 Å². The Hall–Kier alpha value is -2.82. The number of benzene rings is 2. The monoisotopic (exact) mass is 340 g/mol. The molecule has 2 rings (SSSR count). The van der Waals surface area contributed by atoms with Crippen LogP contribution in [-0.4, -0.2) is 30.4 Å². The fourth-order valence-electron chi connectivity index (χ4n) is 2.55. The van der Waals surface area contributed by atoms with Gasteiger partial charge in [0, 0.05) is 25.6 Å². The zero-order valence-corrected chi connectivity index (χ0v) is 14.9. The van der Waals surface area contributed by atoms with Crippen LogP contribution < -0.4 is 10.1 Å². The Labute approximate surface area is 148 Å². The third kappa shape index (κ3) is 5.35. The number of hydrogen-bond donors (Lipinski definition) is 1. The highest BCUT2D eigenvalue weighted by molar-refractivity contribution is 5.83. The van der Waals surface area contributed by atoms with Crippen molar-refractivity contribution >= 4 is 11.8 Å². The average Bonchev–Trinajstić information content (AvgIpc) is 2.60. The summed E-state index contributed by atoms with van der Waals surface area (Å²) < 4.78 is 5.31. The van der Waals surface area contributed by atoms with Gasteiger partial charge in [0.1, 0.15) is 5.75 Å². The molecular formula is C20H24N2O3. The summed E-state index contributed by atoms with van der Waals surface area (Å²) in [7, 11) is 1.59. The van der Waals surface area contributed by atoms with Gasteiger partial charge >= 0.3 is 0 Å². The van der Waals surface area contributed by atoms with Gasteiger partial charge in [0.2, 0.25) is 11.8 Å². The molecule has 0 saturated heterocycles. The number of hydrogen-bond acceptors (Lipinski definition) is 3. The van der Waals surface area contributed by atoms with Crippen molar-refractivity contribution in [1.82, 2.24) is 10.2 Å². The maximum Gasteiger partial charge on any atom is 0.239 e. The molecule has 0 aromatic heterocycles. The molecule has 2 aromatic rings. The highest BCUT2D eigenvalue weighted by Crippen LogP contribution is 2.19. The summed E-state index contributed by atoms with van der Waals surface area (Å²) in [5, 5.41) is 2.88. The topological polar surface area (TPSA) is 58.6 Å². The van der Waals surface area contributed by atoms with E-state index in [1.165, 1.54) is 11.8 Å². The molecule has 0 saturated carbocycles. The molecule has 2 aromatic carbocycles. The molecular weight excluding hydrogens is 316 g/mol. The van der Waals surface area contributed by atoms with Crippen molar-refractivity contribution in [1.29, 1.82) is 0 Å². The van der Waals surface area contributed by atoms with Crippen molar-refractivity contribution in [3.05, 3.63) is 65.2 Å². The molecule has 2 amide bonds. The van der Waals surface area contributed by atoms with Gasteiger partial charge in [-0.1, -0.05) is 42.5 Å². The van der Waals surface area contributed by atoms with E-state index in [4.69, 9.17) is 4.74 Å². The van der Waals surface area contributed by atoms with Crippen molar-refractivity contribution in [3.63, 3.8) is 0 Å². The lowest BCUT2D eigenvalue weighted by atomic mass is 10.1. The van der Waals surface area contributed by atoms with Crippen LogP contribution in [0.25, 0.3) is 0 Å². The van der Waals surface area contributed by atoms with E-state index in [0.717, 1.165) is 16.7 Å². The van der Waals surface area contributed by atoms with Gasteiger partial charge in [-0.25, -0.2) is 0 Å². The van der Waals surface area contributed by atoms with Crippen molar-refractivity contribution in [2.45, 2.75) is 26.9 Å². The van der Waals surface area contributed by atoms with Crippen LogP contribution in [0.1, 0.15) is 23.6 Å². The Bertz CT molecular complexity index is 743. The summed E-state index contributed by atoms with van der Waals surface area (Å²) in [4.78, 5) is 25.7. The average molecular weight is 340 g/mol. The summed E-state index contributed by atoms with van der Waals surface area (Å²) in [6.07, 6.45) is 0. The van der Waals surface area contributed by atoms with Gasteiger partial charge < -0.3 is 15.0 Å². The van der Waals surface area contributed by atoms with Crippen LogP contribution in [-0.2, 0) is 22.7 Å². The van der Waals surface area contributed by atoms with Crippen LogP contribution in [0, 0.1) is 6.92 Å². The molecule has 132 valence electrons. The number of ether oxygens (including phenoxy) is 1. The minimum absolute atomic E-state index is 0.0132. The summed E-state index contributed by atoms with van der Waals surface area (Å²) in [6, 6.07) is 15.4. The number of methoxy groups -OCH3 is 1. The number of nitrogens with zero attached hydrogens (tertiary/aromatic N) is 1. The zero-order valence-electron chi connectivity index (χ0n) is 14.9. The van der Waals surface area contributed by atoms with E-state index in [2.05, 4.69) is 5.32 Å². The standard InChI is InChI=1S/C20H24N2O3/c1-15-8-4-5-9-17(15)12-21-20(24)14-22(16(2)23)13-18-10-6-7-11-19(18)25-3/h4-11H,12-14H2,1-3H3,(H,21,24). The van der Waals surface area contributed by atoms with Crippen LogP contribution >= 0.6 is 0 Å². The SMILES string of the molecule is COc1ccccc1CN(CC(=O)NCc1ccccc1C)C(C)=O. The van der Waals surface area contributed by atoms with E-state index in [-0.39, 0.29) is 18.4 Å². The fraction of sp³-hybridized carbons (Fsp3) is 0.300. The van der Waals surface area contributed by atoms with Crippen molar-refractivity contribution in [3.8, 4) is 5.75 Å². The first-order chi connectivity index (χ1) is 12.0. The normalized spacial score (nSPS) is 10.2. The maximum absolute atomic E-state index is 12.3. The first kappa shape index (κ1) is 18.5. The minimum atomic E-state index is -0.187. The van der Waals surface area contributed by atoms with Gasteiger partial charge in [-0.15, -0.1) is 0 Å². The summed E-state index contributed by atoms with van der Waals surface area (Å²) in [5.41, 5.74) is 3.06. The van der Waals surface area contributed by atoms with Crippen LogP contribution in [0.2, 0.25) is 0 Å². The summed E-state index contributed by atoms with van der Waals surface area (Å²) in [6.45, 7) is 4.26. The first-order valence-corrected chi connectivity index (χ1v) is 8.20. The Morgan fingerprint density at radius 2 is 1.68 bits per heavy atom. The van der Waals surface area contributed by atoms with Crippen LogP contribution in [0.15, 0.2) is 48.5 Å². The number of carbonyl (C=O) groups excluding carboxylic acids is 2. The lowest BCUT2D eigenvalue weighted by Crippen LogP contribution is -2.39. The molecule has 0 atom stereocenters. The molecule has 5 heteroatoms. The second-order valence-electron chi connectivity index (χ2n) is 5.89. The molecule has 0 bridgehead atoms. The van der Waals surface area contributed by atoms with E-state index in [1.807, 2.05) is 55.5 Å². The van der Waals surface area contributed by atoms with Gasteiger partial charge in [0.25, 0.3) is 0 Å². The predicted molar refractivity (Wildman–Crippen MR) is 97.1 cm³/mol. The molecule has 0 unspecified atom stereocenters. The predicted octanol–water partition coefficient (Wildman–Crippen LogP) is 2.67. The molecule has 0 aliphatic heterocycles. The summed E-state index contributed by atoms with van der Waals surface area (Å²) >= 11 is 0. The lowest BCUT2D eigenvalue weighted by Gasteiger charge is -2.22. The molecule has 0 heterocycles. The third-order valence-electron chi connectivity index (χ3n) is 4.07. The Morgan fingerprint density at radius 3 is 2.32 bits per heavy atom. The van der Waals surface area contributed by atoms with E-state index >= 15 is 0 Å². The molecule has 0 spiro atoms. The largest absolute Gasteiger partial charge is 0.496 e. The minimum Gasteiger partial charge on any atom is -0.496 e. The van der Waals surface area contributed by atoms with E-state index < -0.39 is 0 Å². The van der Waals surface area contributed by atoms with E-state index in [9.17, 15) is 9.59 Å². The number of para-hydroxylation sites is 1. The van der Waals surface area contributed by atoms with E-state index in [1.54, 1.807) is 7.11 Å². The second kappa shape index (κ2) is 8.87. The Balaban J connectivity index is 1.98. The van der Waals surface area contributed by atoms with Crippen molar-refractivity contribution < 1.29 is 14.3 Å². The van der Waals surface area contributed by atoms with Crippen LogP contribution in [0.3, 0.4) is 0 Å². The smallest absolute Gasteiger partial charge is 0.239 e. The van der Waals surface area contributed by atoms with Crippen LogP contribution in [0.5, 0.6) is 5.75 Å². The highest BCUT2D eigenvalue weighted by Gasteiger charge is 2.16. The van der Waals surface area contributed by atoms with Crippen molar-refractivity contribution in [2.24, 2.45) is 0 Å². The highest BCUT2D eigenvalue weighted by atomic mass is 16.5. The fourth-order valence-corrected chi connectivity index (χ4v) is 2.55. The van der Waals surface area contributed by atoms with Gasteiger partial charge in [-0.3, -0.25) is 9.59 Å². The molecule has 1 N–H and O–H groups in total. The number of carbonyl (C=O) groups is 2. The first-order valence-electron chi connectivity index (χ1n) is 8.20. The quantitative estimate of drug-likeness (QED) is 0.843. The Kier molecular flexibility index (Phi) is 6.57. The summed E-state index contributed by atoms with van der Waals surface area (Å²) in [5.74, 6) is 0.361. The number of rotatable bonds is 7. The van der Waals surface area contributed by atoms with Gasteiger partial charge in [0.15, 0.2) is 0 Å². The maximum atomic E-state index is 12.3. The molecule has 0 fully saturated rings. The van der Waals surface area contributed by atoms with Gasteiger partial charge in [-0.05, 0) is 24.1 Å². The zero-order chi connectivity index (χ0) is 18.2. The molecule has 25 heavy (non-hydrogen) atoms.